The van der Waals surface area contributed by atoms with E-state index in [1.54, 1.807) is 4.90 Å². The second-order valence-electron chi connectivity index (χ2n) is 6.55. The van der Waals surface area contributed by atoms with Gasteiger partial charge in [0.05, 0.1) is 11.0 Å². The van der Waals surface area contributed by atoms with E-state index >= 15 is 0 Å². The van der Waals surface area contributed by atoms with E-state index in [0.717, 1.165) is 13.0 Å². The molecule has 1 aromatic carbocycles. The van der Waals surface area contributed by atoms with Crippen LogP contribution in [0.1, 0.15) is 29.8 Å². The Morgan fingerprint density at radius 2 is 2.10 bits per heavy atom. The number of hydrogen-bond acceptors (Lipinski definition) is 7. The lowest BCUT2D eigenvalue weighted by Crippen LogP contribution is -2.30. The Kier molecular flexibility index (Phi) is 6.22. The number of amides is 2. The van der Waals surface area contributed by atoms with Gasteiger partial charge in [0.1, 0.15) is 22.9 Å². The van der Waals surface area contributed by atoms with Crippen LogP contribution in [-0.2, 0) is 4.79 Å². The zero-order valence-electron chi connectivity index (χ0n) is 15.7. The number of ether oxygens (including phenoxy) is 1. The van der Waals surface area contributed by atoms with Crippen molar-refractivity contribution >= 4 is 23.2 Å². The number of aromatic nitrogens is 1. The number of rotatable bonds is 8. The lowest BCUT2D eigenvalue weighted by molar-refractivity contribution is -0.384. The Morgan fingerprint density at radius 3 is 2.83 bits per heavy atom. The first-order valence-electron chi connectivity index (χ1n) is 9.18. The molecule has 2 aromatic rings. The molecule has 3 N–H and O–H groups in total. The highest BCUT2D eigenvalue weighted by molar-refractivity contribution is 5.92. The Labute approximate surface area is 166 Å². The zero-order valence-corrected chi connectivity index (χ0v) is 15.7. The third-order valence-electron chi connectivity index (χ3n) is 4.46. The van der Waals surface area contributed by atoms with Crippen molar-refractivity contribution < 1.29 is 19.2 Å². The number of carbonyl (C=O) groups excluding carboxylic acids is 2. The van der Waals surface area contributed by atoms with Crippen LogP contribution in [0, 0.1) is 10.1 Å². The van der Waals surface area contributed by atoms with E-state index in [1.165, 1.54) is 36.5 Å². The van der Waals surface area contributed by atoms with Crippen LogP contribution in [0.3, 0.4) is 0 Å². The molecule has 3 rings (SSSR count). The maximum absolute atomic E-state index is 12.3. The first-order valence-corrected chi connectivity index (χ1v) is 9.18. The molecule has 2 amide bonds. The number of likely N-dealkylation sites (tertiary alicyclic amines) is 1. The van der Waals surface area contributed by atoms with Crippen LogP contribution in [0.25, 0.3) is 0 Å². The van der Waals surface area contributed by atoms with E-state index in [9.17, 15) is 19.7 Å². The van der Waals surface area contributed by atoms with Gasteiger partial charge < -0.3 is 20.7 Å². The average molecular weight is 399 g/mol. The number of nitro groups is 1. The Bertz CT molecular complexity index is 933. The van der Waals surface area contributed by atoms with E-state index in [0.29, 0.717) is 31.7 Å². The van der Waals surface area contributed by atoms with Crippen molar-refractivity contribution in [3.05, 3.63) is 52.3 Å². The van der Waals surface area contributed by atoms with Crippen molar-refractivity contribution in [2.75, 3.05) is 25.4 Å². The largest absolute Gasteiger partial charge is 0.457 e. The summed E-state index contributed by atoms with van der Waals surface area (Å²) in [7, 11) is 0. The minimum atomic E-state index is -0.594. The van der Waals surface area contributed by atoms with Crippen LogP contribution >= 0.6 is 0 Å². The molecular weight excluding hydrogens is 378 g/mol. The van der Waals surface area contributed by atoms with E-state index in [2.05, 4.69) is 10.3 Å². The monoisotopic (exact) mass is 399 g/mol. The van der Waals surface area contributed by atoms with Gasteiger partial charge in [0, 0.05) is 38.3 Å². The summed E-state index contributed by atoms with van der Waals surface area (Å²) in [5.74, 6) is 0.322. The fourth-order valence-electron chi connectivity index (χ4n) is 2.98. The molecule has 1 saturated heterocycles. The highest BCUT2D eigenvalue weighted by Gasteiger charge is 2.19. The van der Waals surface area contributed by atoms with Gasteiger partial charge in [-0.05, 0) is 31.0 Å². The normalized spacial score (nSPS) is 13.4. The number of nitrogen functional groups attached to an aromatic ring is 1. The summed E-state index contributed by atoms with van der Waals surface area (Å²) in [6.07, 6.45) is 3.56. The van der Waals surface area contributed by atoms with Gasteiger partial charge in [-0.3, -0.25) is 24.7 Å². The number of nitrogens with two attached hydrogens (primary N) is 1. The molecule has 1 aliphatic rings. The van der Waals surface area contributed by atoms with Crippen LogP contribution in [0.2, 0.25) is 0 Å². The molecule has 0 unspecified atom stereocenters. The van der Waals surface area contributed by atoms with Gasteiger partial charge in [0.2, 0.25) is 5.91 Å². The molecule has 1 aromatic heterocycles. The molecule has 2 heterocycles. The van der Waals surface area contributed by atoms with E-state index < -0.39 is 4.92 Å². The molecule has 10 heteroatoms. The molecule has 1 fully saturated rings. The van der Waals surface area contributed by atoms with Crippen molar-refractivity contribution in [2.24, 2.45) is 0 Å². The molecule has 0 atom stereocenters. The summed E-state index contributed by atoms with van der Waals surface area (Å²) < 4.78 is 5.60. The maximum atomic E-state index is 12.3. The summed E-state index contributed by atoms with van der Waals surface area (Å²) in [4.78, 5) is 40.1. The maximum Gasteiger partial charge on any atom is 0.295 e. The lowest BCUT2D eigenvalue weighted by Gasteiger charge is -2.15. The number of anilines is 1. The standard InChI is InChI=1S/C19H21N5O5/c20-15-5-4-13(12-17(15)24(27)28)29-14-6-8-21-16(11-14)19(26)22-7-2-10-23-9-1-3-18(23)25/h4-6,8,11-12H,1-3,7,9-10,20H2,(H,22,26). The summed E-state index contributed by atoms with van der Waals surface area (Å²) in [6.45, 7) is 1.81. The number of pyridine rings is 1. The van der Waals surface area contributed by atoms with Gasteiger partial charge >= 0.3 is 0 Å². The number of nitro benzene ring substituents is 1. The molecule has 10 nitrogen and oxygen atoms in total. The minimum absolute atomic E-state index is 0.0350. The minimum Gasteiger partial charge on any atom is -0.457 e. The van der Waals surface area contributed by atoms with Crippen molar-refractivity contribution in [3.8, 4) is 11.5 Å². The van der Waals surface area contributed by atoms with Gasteiger partial charge in [0.15, 0.2) is 0 Å². The number of hydrogen-bond donors (Lipinski definition) is 2. The lowest BCUT2D eigenvalue weighted by atomic mass is 10.2. The van der Waals surface area contributed by atoms with Gasteiger partial charge in [0.25, 0.3) is 11.6 Å². The number of benzene rings is 1. The Morgan fingerprint density at radius 1 is 1.31 bits per heavy atom. The molecule has 29 heavy (non-hydrogen) atoms. The average Bonchev–Trinajstić information content (AvgIpc) is 3.11. The van der Waals surface area contributed by atoms with Crippen LogP contribution < -0.4 is 15.8 Å². The van der Waals surface area contributed by atoms with Crippen molar-refractivity contribution in [3.63, 3.8) is 0 Å². The van der Waals surface area contributed by atoms with Crippen molar-refractivity contribution in [1.29, 1.82) is 0 Å². The summed E-state index contributed by atoms with van der Waals surface area (Å²) in [5, 5.41) is 13.7. The number of carbonyl (C=O) groups is 2. The first-order chi connectivity index (χ1) is 13.9. The molecule has 0 aliphatic carbocycles. The predicted molar refractivity (Wildman–Crippen MR) is 105 cm³/mol. The Hall–Kier alpha value is -3.69. The second-order valence-corrected chi connectivity index (χ2v) is 6.55. The summed E-state index contributed by atoms with van der Waals surface area (Å²) >= 11 is 0. The topological polar surface area (TPSA) is 141 Å². The van der Waals surface area contributed by atoms with Gasteiger partial charge in [-0.25, -0.2) is 0 Å². The molecule has 0 bridgehead atoms. The Balaban J connectivity index is 1.56. The first kappa shape index (κ1) is 20.1. The molecule has 0 saturated carbocycles. The van der Waals surface area contributed by atoms with Gasteiger partial charge in [-0.15, -0.1) is 0 Å². The fraction of sp³-hybridized carbons (Fsp3) is 0.316. The van der Waals surface area contributed by atoms with Gasteiger partial charge in [-0.1, -0.05) is 0 Å². The third kappa shape index (κ3) is 5.18. The summed E-state index contributed by atoms with van der Waals surface area (Å²) in [5.41, 5.74) is 5.50. The quantitative estimate of drug-likeness (QED) is 0.300. The SMILES string of the molecule is Nc1ccc(Oc2ccnc(C(=O)NCCCN3CCCC3=O)c2)cc1[N+](=O)[O-]. The van der Waals surface area contributed by atoms with E-state index in [1.807, 2.05) is 0 Å². The summed E-state index contributed by atoms with van der Waals surface area (Å²) in [6, 6.07) is 7.09. The molecule has 152 valence electrons. The number of nitrogens with one attached hydrogen (secondary N) is 1. The molecule has 0 radical (unpaired) electrons. The molecular formula is C19H21N5O5. The van der Waals surface area contributed by atoms with Gasteiger partial charge in [-0.2, -0.15) is 0 Å². The second kappa shape index (κ2) is 9.00. The van der Waals surface area contributed by atoms with E-state index in [4.69, 9.17) is 10.5 Å². The van der Waals surface area contributed by atoms with Crippen molar-refractivity contribution in [2.45, 2.75) is 19.3 Å². The molecule has 0 spiro atoms. The molecule has 1 aliphatic heterocycles. The highest BCUT2D eigenvalue weighted by Crippen LogP contribution is 2.29. The van der Waals surface area contributed by atoms with Crippen LogP contribution in [0.4, 0.5) is 11.4 Å². The fourth-order valence-corrected chi connectivity index (χ4v) is 2.98. The van der Waals surface area contributed by atoms with Crippen LogP contribution in [-0.4, -0.2) is 46.3 Å². The predicted octanol–water partition coefficient (Wildman–Crippen LogP) is 2.11. The smallest absolute Gasteiger partial charge is 0.295 e. The van der Waals surface area contributed by atoms with Crippen LogP contribution in [0.15, 0.2) is 36.5 Å². The van der Waals surface area contributed by atoms with Crippen molar-refractivity contribution in [1.82, 2.24) is 15.2 Å². The third-order valence-corrected chi connectivity index (χ3v) is 4.46. The van der Waals surface area contributed by atoms with E-state index in [-0.39, 0.29) is 34.6 Å². The van der Waals surface area contributed by atoms with Crippen LogP contribution in [0.5, 0.6) is 11.5 Å². The zero-order chi connectivity index (χ0) is 20.8. The number of nitrogens with zero attached hydrogens (tertiary/aromatic N) is 3. The highest BCUT2D eigenvalue weighted by atomic mass is 16.6.